The van der Waals surface area contributed by atoms with Crippen molar-refractivity contribution in [2.75, 3.05) is 19.0 Å². The van der Waals surface area contributed by atoms with Gasteiger partial charge in [0.1, 0.15) is 12.2 Å². The molecule has 0 unspecified atom stereocenters. The van der Waals surface area contributed by atoms with E-state index in [2.05, 4.69) is 15.6 Å². The predicted molar refractivity (Wildman–Crippen MR) is 130 cm³/mol. The van der Waals surface area contributed by atoms with Gasteiger partial charge in [0.25, 0.3) is 5.91 Å². The van der Waals surface area contributed by atoms with Gasteiger partial charge in [-0.15, -0.1) is 0 Å². The number of pyridine rings is 1. The zero-order chi connectivity index (χ0) is 28.6. The first-order valence-electron chi connectivity index (χ1n) is 12.0. The monoisotopic (exact) mass is 545 g/mol. The van der Waals surface area contributed by atoms with E-state index in [1.165, 1.54) is 25.3 Å². The van der Waals surface area contributed by atoms with Gasteiger partial charge in [-0.25, -0.2) is 4.39 Å². The van der Waals surface area contributed by atoms with Crippen LogP contribution in [0.15, 0.2) is 30.5 Å². The van der Waals surface area contributed by atoms with Gasteiger partial charge in [-0.05, 0) is 45.9 Å². The molecule has 7 nitrogen and oxygen atoms in total. The highest BCUT2D eigenvalue weighted by Crippen LogP contribution is 2.55. The van der Waals surface area contributed by atoms with Crippen LogP contribution in [-0.2, 0) is 9.53 Å². The van der Waals surface area contributed by atoms with Crippen molar-refractivity contribution in [3.8, 4) is 5.75 Å². The summed E-state index contributed by atoms with van der Waals surface area (Å²) >= 11 is 0. The minimum atomic E-state index is -4.87. The third kappa shape index (κ3) is 5.92. The molecule has 0 bridgehead atoms. The number of benzene rings is 1. The zero-order valence-corrected chi connectivity index (χ0v) is 21.9. The quantitative estimate of drug-likeness (QED) is 0.430. The number of methoxy groups -OCH3 is 1. The lowest BCUT2D eigenvalue weighted by Gasteiger charge is -2.32. The van der Waals surface area contributed by atoms with Crippen LogP contribution < -0.4 is 15.4 Å². The number of anilines is 1. The first kappa shape index (κ1) is 29.7. The highest BCUT2D eigenvalue weighted by Gasteiger charge is 2.65. The summed E-state index contributed by atoms with van der Waals surface area (Å²) in [6.45, 7) is 8.08. The molecule has 1 saturated heterocycles. The van der Waals surface area contributed by atoms with Gasteiger partial charge in [-0.1, -0.05) is 13.0 Å². The third-order valence-corrected chi connectivity index (χ3v) is 6.79. The molecule has 1 fully saturated rings. The standard InChI is InChI=1S/C26H32F5N3O4/c1-13-19(15-8-9-16(27)20(28)21(15)37-6)22(38-25(13,5)26(29,30)31)23(36)34-14-7-10-17(32-11-14)18(35)12-33-24(2,3)4/h7-11,13,18-19,22,33,35H,12H2,1-6H3,(H,34,36)/t13-,18+,19-,22+,25+/m0/s1. The van der Waals surface area contributed by atoms with Crippen molar-refractivity contribution in [1.29, 1.82) is 0 Å². The average Bonchev–Trinajstić information content (AvgIpc) is 3.11. The number of hydrogen-bond acceptors (Lipinski definition) is 6. The van der Waals surface area contributed by atoms with Crippen LogP contribution in [0.1, 0.15) is 57.9 Å². The molecule has 0 aliphatic carbocycles. The maximum absolute atomic E-state index is 14.5. The SMILES string of the molecule is COc1c([C@H]2[C@H](C(=O)Nc3ccc([C@H](O)CNC(C)(C)C)nc3)O[C@@](C)(C(F)(F)F)[C@H]2C)ccc(F)c1F. The molecule has 1 aliphatic heterocycles. The summed E-state index contributed by atoms with van der Waals surface area (Å²) in [5.41, 5.74) is -2.66. The smallest absolute Gasteiger partial charge is 0.417 e. The zero-order valence-electron chi connectivity index (χ0n) is 21.9. The van der Waals surface area contributed by atoms with E-state index in [0.29, 0.717) is 5.69 Å². The van der Waals surface area contributed by atoms with Crippen molar-refractivity contribution in [2.45, 2.75) is 70.1 Å². The molecule has 3 N–H and O–H groups in total. The van der Waals surface area contributed by atoms with Gasteiger partial charge in [0, 0.05) is 29.5 Å². The van der Waals surface area contributed by atoms with Crippen molar-refractivity contribution in [1.82, 2.24) is 10.3 Å². The van der Waals surface area contributed by atoms with E-state index >= 15 is 0 Å². The largest absolute Gasteiger partial charge is 0.493 e. The van der Waals surface area contributed by atoms with Gasteiger partial charge in [-0.2, -0.15) is 17.6 Å². The number of nitrogens with one attached hydrogen (secondary N) is 2. The van der Waals surface area contributed by atoms with Crippen LogP contribution >= 0.6 is 0 Å². The number of aromatic nitrogens is 1. The van der Waals surface area contributed by atoms with Crippen molar-refractivity contribution < 1.29 is 41.3 Å². The fourth-order valence-corrected chi connectivity index (χ4v) is 4.44. The van der Waals surface area contributed by atoms with Crippen LogP contribution in [0.2, 0.25) is 0 Å². The minimum Gasteiger partial charge on any atom is -0.493 e. The molecule has 1 amide bonds. The number of β-amino-alcohol motifs (C(OH)–C–C–N with tert-alkyl or cyclic N) is 1. The Morgan fingerprint density at radius 2 is 1.87 bits per heavy atom. The summed E-state index contributed by atoms with van der Waals surface area (Å²) in [5, 5.41) is 16.0. The number of aliphatic hydroxyl groups excluding tert-OH is 1. The molecule has 210 valence electrons. The van der Waals surface area contributed by atoms with E-state index in [9.17, 15) is 31.9 Å². The molecule has 0 saturated carbocycles. The molecular formula is C26H32F5N3O4. The predicted octanol–water partition coefficient (Wildman–Crippen LogP) is 4.87. The minimum absolute atomic E-state index is 0.130. The second-order valence-corrected chi connectivity index (χ2v) is 10.5. The summed E-state index contributed by atoms with van der Waals surface area (Å²) in [5.74, 6) is -6.86. The lowest BCUT2D eigenvalue weighted by molar-refractivity contribution is -0.272. The topological polar surface area (TPSA) is 92.7 Å². The molecule has 2 heterocycles. The molecule has 0 radical (unpaired) electrons. The molecule has 12 heteroatoms. The van der Waals surface area contributed by atoms with Gasteiger partial charge < -0.3 is 25.2 Å². The van der Waals surface area contributed by atoms with Crippen molar-refractivity contribution in [3.63, 3.8) is 0 Å². The Hall–Kier alpha value is -2.83. The molecule has 2 aromatic rings. The van der Waals surface area contributed by atoms with E-state index in [4.69, 9.17) is 9.47 Å². The lowest BCUT2D eigenvalue weighted by atomic mass is 9.77. The molecule has 1 aromatic heterocycles. The van der Waals surface area contributed by atoms with Crippen LogP contribution in [-0.4, -0.2) is 53.1 Å². The van der Waals surface area contributed by atoms with Gasteiger partial charge in [0.05, 0.1) is 24.7 Å². The summed E-state index contributed by atoms with van der Waals surface area (Å²) in [6.07, 6.45) is -6.28. The molecular weight excluding hydrogens is 513 g/mol. The highest BCUT2D eigenvalue weighted by atomic mass is 19.4. The summed E-state index contributed by atoms with van der Waals surface area (Å²) in [7, 11) is 1.05. The molecule has 1 aromatic carbocycles. The lowest BCUT2D eigenvalue weighted by Crippen LogP contribution is -2.47. The van der Waals surface area contributed by atoms with Crippen LogP contribution in [0.3, 0.4) is 0 Å². The van der Waals surface area contributed by atoms with E-state index in [0.717, 1.165) is 26.2 Å². The third-order valence-electron chi connectivity index (χ3n) is 6.79. The number of rotatable bonds is 7. The van der Waals surface area contributed by atoms with E-state index in [-0.39, 0.29) is 23.3 Å². The van der Waals surface area contributed by atoms with Crippen LogP contribution in [0.5, 0.6) is 5.75 Å². The fraction of sp³-hybridized carbons (Fsp3) is 0.538. The molecule has 38 heavy (non-hydrogen) atoms. The van der Waals surface area contributed by atoms with Gasteiger partial charge in [-0.3, -0.25) is 9.78 Å². The van der Waals surface area contributed by atoms with Crippen LogP contribution in [0, 0.1) is 17.6 Å². The number of halogens is 5. The Balaban J connectivity index is 1.90. The Morgan fingerprint density at radius 3 is 2.39 bits per heavy atom. The summed E-state index contributed by atoms with van der Waals surface area (Å²) in [6, 6.07) is 4.77. The number of hydrogen-bond donors (Lipinski definition) is 3. The van der Waals surface area contributed by atoms with E-state index in [1.807, 2.05) is 20.8 Å². The highest BCUT2D eigenvalue weighted by molar-refractivity contribution is 5.95. The van der Waals surface area contributed by atoms with Crippen molar-refractivity contribution >= 4 is 11.6 Å². The number of aliphatic hydroxyl groups is 1. The summed E-state index contributed by atoms with van der Waals surface area (Å²) < 4.78 is 80.8. The normalized spacial score (nSPS) is 24.8. The number of alkyl halides is 3. The van der Waals surface area contributed by atoms with E-state index in [1.54, 1.807) is 0 Å². The molecule has 1 aliphatic rings. The van der Waals surface area contributed by atoms with E-state index < -0.39 is 59.1 Å². The number of ether oxygens (including phenoxy) is 2. The van der Waals surface area contributed by atoms with Crippen LogP contribution in [0.4, 0.5) is 27.6 Å². The maximum Gasteiger partial charge on any atom is 0.417 e. The van der Waals surface area contributed by atoms with Crippen LogP contribution in [0.25, 0.3) is 0 Å². The second-order valence-electron chi connectivity index (χ2n) is 10.5. The first-order chi connectivity index (χ1) is 17.5. The first-order valence-corrected chi connectivity index (χ1v) is 12.0. The van der Waals surface area contributed by atoms with Gasteiger partial charge in [0.15, 0.2) is 17.2 Å². The summed E-state index contributed by atoms with van der Waals surface area (Å²) in [4.78, 5) is 17.4. The average molecular weight is 546 g/mol. The Labute approximate surface area is 217 Å². The second kappa shape index (κ2) is 10.7. The number of amides is 1. The van der Waals surface area contributed by atoms with Gasteiger partial charge in [0.2, 0.25) is 5.82 Å². The molecule has 0 spiro atoms. The molecule has 3 rings (SSSR count). The number of carbonyl (C=O) groups excluding carboxylic acids is 1. The van der Waals surface area contributed by atoms with Gasteiger partial charge >= 0.3 is 6.18 Å². The Bertz CT molecular complexity index is 1150. The number of carbonyl (C=O) groups is 1. The fourth-order valence-electron chi connectivity index (χ4n) is 4.44. The number of nitrogens with zero attached hydrogens (tertiary/aromatic N) is 1. The van der Waals surface area contributed by atoms with Crippen molar-refractivity contribution in [3.05, 3.63) is 53.4 Å². The molecule has 5 atom stereocenters. The Kier molecular flexibility index (Phi) is 8.40. The Morgan fingerprint density at radius 1 is 1.21 bits per heavy atom. The maximum atomic E-state index is 14.5. The van der Waals surface area contributed by atoms with Crippen molar-refractivity contribution in [2.24, 2.45) is 5.92 Å².